The number of anilines is 1. The van der Waals surface area contributed by atoms with Crippen LogP contribution in [0.1, 0.15) is 27.4 Å². The lowest BCUT2D eigenvalue weighted by molar-refractivity contribution is 0.0697. The maximum Gasteiger partial charge on any atom is 0.411 e. The molecule has 0 unspecified atom stereocenters. The highest BCUT2D eigenvalue weighted by molar-refractivity contribution is 5.98. The summed E-state index contributed by atoms with van der Waals surface area (Å²) in [6, 6.07) is 16.6. The smallest absolute Gasteiger partial charge is 0.411 e. The molecule has 1 aliphatic carbocycles. The normalized spacial score (nSPS) is 12.2. The average Bonchev–Trinajstić information content (AvgIpc) is 3.00. The minimum atomic E-state index is -1.33. The van der Waals surface area contributed by atoms with Crippen molar-refractivity contribution in [3.05, 3.63) is 83.4 Å². The Morgan fingerprint density at radius 1 is 1.07 bits per heavy atom. The number of benzene rings is 2. The van der Waals surface area contributed by atoms with E-state index in [0.29, 0.717) is 0 Å². The fourth-order valence-electron chi connectivity index (χ4n) is 3.45. The maximum atomic E-state index is 13.3. The Labute approximate surface area is 159 Å². The number of pyridine rings is 1. The molecule has 2 aromatic carbocycles. The number of carbonyl (C=O) groups excluding carboxylic acids is 1. The van der Waals surface area contributed by atoms with Crippen molar-refractivity contribution in [1.29, 1.82) is 0 Å². The van der Waals surface area contributed by atoms with E-state index in [9.17, 15) is 14.0 Å². The van der Waals surface area contributed by atoms with Gasteiger partial charge in [-0.2, -0.15) is 4.39 Å². The Hall–Kier alpha value is -3.74. The van der Waals surface area contributed by atoms with Gasteiger partial charge in [0.05, 0.1) is 5.69 Å². The van der Waals surface area contributed by atoms with Crippen LogP contribution in [0.25, 0.3) is 11.1 Å². The van der Waals surface area contributed by atoms with Crippen LogP contribution in [0.4, 0.5) is 14.9 Å². The zero-order valence-corrected chi connectivity index (χ0v) is 14.6. The average molecular weight is 378 g/mol. The standard InChI is InChI=1S/C21H15FN2O4/c22-19-9-18(16(10-23-19)20(25)26)24-21(27)28-11-17-14-7-3-1-5-12(14)13-6-2-4-8-15(13)17/h1-10,17H,11H2,(H,25,26)(H,23,24,27). The van der Waals surface area contributed by atoms with Gasteiger partial charge >= 0.3 is 12.1 Å². The van der Waals surface area contributed by atoms with Crippen molar-refractivity contribution in [3.8, 4) is 11.1 Å². The van der Waals surface area contributed by atoms with Gasteiger partial charge in [-0.25, -0.2) is 14.6 Å². The minimum absolute atomic E-state index is 0.0653. The van der Waals surface area contributed by atoms with Gasteiger partial charge in [0.2, 0.25) is 5.95 Å². The third kappa shape index (κ3) is 3.18. The fourth-order valence-corrected chi connectivity index (χ4v) is 3.45. The first-order valence-electron chi connectivity index (χ1n) is 8.55. The molecule has 0 bridgehead atoms. The van der Waals surface area contributed by atoms with E-state index < -0.39 is 18.0 Å². The zero-order chi connectivity index (χ0) is 19.7. The maximum absolute atomic E-state index is 13.3. The number of halogens is 1. The summed E-state index contributed by atoms with van der Waals surface area (Å²) in [6.45, 7) is 0.0653. The van der Waals surface area contributed by atoms with Gasteiger partial charge in [0.15, 0.2) is 0 Å². The Balaban J connectivity index is 1.52. The number of nitrogens with zero attached hydrogens (tertiary/aromatic N) is 1. The summed E-state index contributed by atoms with van der Waals surface area (Å²) in [6.07, 6.45) is -0.0218. The molecule has 0 radical (unpaired) electrons. The lowest BCUT2D eigenvalue weighted by Gasteiger charge is -2.15. The monoisotopic (exact) mass is 378 g/mol. The zero-order valence-electron chi connectivity index (χ0n) is 14.6. The van der Waals surface area contributed by atoms with E-state index in [2.05, 4.69) is 10.3 Å². The second-order valence-corrected chi connectivity index (χ2v) is 6.31. The van der Waals surface area contributed by atoms with Crippen LogP contribution in [0, 0.1) is 5.95 Å². The van der Waals surface area contributed by atoms with Crippen molar-refractivity contribution < 1.29 is 23.8 Å². The Kier molecular flexibility index (Phi) is 4.49. The molecule has 1 aromatic heterocycles. The number of aromatic carboxylic acids is 1. The third-order valence-corrected chi connectivity index (χ3v) is 4.68. The van der Waals surface area contributed by atoms with Crippen LogP contribution in [0.3, 0.4) is 0 Å². The highest BCUT2D eigenvalue weighted by Crippen LogP contribution is 2.44. The molecule has 3 aromatic rings. The number of aromatic nitrogens is 1. The topological polar surface area (TPSA) is 88.5 Å². The molecule has 140 valence electrons. The lowest BCUT2D eigenvalue weighted by atomic mass is 9.98. The van der Waals surface area contributed by atoms with E-state index in [-0.39, 0.29) is 23.8 Å². The summed E-state index contributed by atoms with van der Waals surface area (Å²) in [7, 11) is 0. The van der Waals surface area contributed by atoms with Crippen molar-refractivity contribution in [2.75, 3.05) is 11.9 Å². The van der Waals surface area contributed by atoms with Gasteiger partial charge in [-0.3, -0.25) is 5.32 Å². The molecule has 7 heteroatoms. The Bertz CT molecular complexity index is 1040. The Morgan fingerprint density at radius 2 is 1.68 bits per heavy atom. The van der Waals surface area contributed by atoms with E-state index in [1.165, 1.54) is 0 Å². The van der Waals surface area contributed by atoms with Gasteiger partial charge in [-0.1, -0.05) is 48.5 Å². The summed E-state index contributed by atoms with van der Waals surface area (Å²) < 4.78 is 18.7. The lowest BCUT2D eigenvalue weighted by Crippen LogP contribution is -2.19. The molecule has 0 aliphatic heterocycles. The number of hydrogen-bond donors (Lipinski definition) is 2. The van der Waals surface area contributed by atoms with Crippen LogP contribution in [-0.4, -0.2) is 28.8 Å². The predicted octanol–water partition coefficient (Wildman–Crippen LogP) is 4.28. The fraction of sp³-hybridized carbons (Fsp3) is 0.0952. The molecule has 0 spiro atoms. The van der Waals surface area contributed by atoms with Gasteiger partial charge in [-0.05, 0) is 22.3 Å². The van der Waals surface area contributed by atoms with Gasteiger partial charge in [0.1, 0.15) is 12.2 Å². The molecule has 4 rings (SSSR count). The van der Waals surface area contributed by atoms with Gasteiger partial charge in [0, 0.05) is 18.2 Å². The second kappa shape index (κ2) is 7.11. The van der Waals surface area contributed by atoms with Crippen LogP contribution in [0.2, 0.25) is 0 Å². The number of carboxylic acids is 1. The SMILES string of the molecule is O=C(Nc1cc(F)ncc1C(=O)O)OCC1c2ccccc2-c2ccccc21. The van der Waals surface area contributed by atoms with Crippen LogP contribution in [0.5, 0.6) is 0 Å². The van der Waals surface area contributed by atoms with E-state index in [4.69, 9.17) is 9.84 Å². The van der Waals surface area contributed by atoms with Crippen molar-refractivity contribution in [1.82, 2.24) is 4.98 Å². The number of nitrogens with one attached hydrogen (secondary N) is 1. The van der Waals surface area contributed by atoms with E-state index in [0.717, 1.165) is 34.5 Å². The highest BCUT2D eigenvalue weighted by atomic mass is 19.1. The van der Waals surface area contributed by atoms with Gasteiger partial charge < -0.3 is 9.84 Å². The molecule has 0 fully saturated rings. The second-order valence-electron chi connectivity index (χ2n) is 6.31. The summed E-state index contributed by atoms with van der Waals surface area (Å²) in [4.78, 5) is 26.7. The molecular formula is C21H15FN2O4. The number of carboxylic acid groups (broad SMARTS) is 1. The summed E-state index contributed by atoms with van der Waals surface area (Å²) >= 11 is 0. The summed E-state index contributed by atoms with van der Waals surface area (Å²) in [5.41, 5.74) is 3.76. The van der Waals surface area contributed by atoms with Crippen molar-refractivity contribution in [2.45, 2.75) is 5.92 Å². The number of fused-ring (bicyclic) bond motifs is 3. The molecule has 0 atom stereocenters. The quantitative estimate of drug-likeness (QED) is 0.662. The first-order valence-corrected chi connectivity index (χ1v) is 8.55. The number of carbonyl (C=O) groups is 2. The summed E-state index contributed by atoms with van der Waals surface area (Å²) in [5.74, 6) is -2.37. The minimum Gasteiger partial charge on any atom is -0.478 e. The molecule has 28 heavy (non-hydrogen) atoms. The van der Waals surface area contributed by atoms with Crippen molar-refractivity contribution in [3.63, 3.8) is 0 Å². The molecule has 0 saturated carbocycles. The molecule has 1 aliphatic rings. The first kappa shape index (κ1) is 17.7. The Morgan fingerprint density at radius 3 is 2.29 bits per heavy atom. The predicted molar refractivity (Wildman–Crippen MR) is 99.8 cm³/mol. The molecule has 6 nitrogen and oxygen atoms in total. The summed E-state index contributed by atoms with van der Waals surface area (Å²) in [5, 5.41) is 11.4. The van der Waals surface area contributed by atoms with Crippen molar-refractivity contribution in [2.24, 2.45) is 0 Å². The third-order valence-electron chi connectivity index (χ3n) is 4.68. The molecule has 0 saturated heterocycles. The van der Waals surface area contributed by atoms with Gasteiger partial charge in [0.25, 0.3) is 0 Å². The first-order chi connectivity index (χ1) is 13.5. The van der Waals surface area contributed by atoms with Crippen LogP contribution >= 0.6 is 0 Å². The van der Waals surface area contributed by atoms with E-state index in [1.54, 1.807) is 0 Å². The van der Waals surface area contributed by atoms with Gasteiger partial charge in [-0.15, -0.1) is 0 Å². The van der Waals surface area contributed by atoms with E-state index in [1.807, 2.05) is 48.5 Å². The van der Waals surface area contributed by atoms with Crippen LogP contribution < -0.4 is 5.32 Å². The molecular weight excluding hydrogens is 363 g/mol. The molecule has 1 amide bonds. The van der Waals surface area contributed by atoms with Crippen LogP contribution in [0.15, 0.2) is 60.8 Å². The number of rotatable bonds is 4. The van der Waals surface area contributed by atoms with E-state index >= 15 is 0 Å². The number of ether oxygens (including phenoxy) is 1. The highest BCUT2D eigenvalue weighted by Gasteiger charge is 2.29. The van der Waals surface area contributed by atoms with Crippen molar-refractivity contribution >= 4 is 17.7 Å². The number of hydrogen-bond acceptors (Lipinski definition) is 4. The largest absolute Gasteiger partial charge is 0.478 e. The molecule has 1 heterocycles. The number of amides is 1. The van der Waals surface area contributed by atoms with Crippen LogP contribution in [-0.2, 0) is 4.74 Å². The molecule has 2 N–H and O–H groups in total.